The van der Waals surface area contributed by atoms with Crippen molar-refractivity contribution in [2.75, 3.05) is 11.1 Å². The van der Waals surface area contributed by atoms with E-state index < -0.39 is 6.09 Å². The molecule has 0 saturated heterocycles. The minimum Gasteiger partial charge on any atom is -0.398 e. The number of rotatable bonds is 5. The molecule has 0 atom stereocenters. The normalized spacial score (nSPS) is 10.5. The Balaban J connectivity index is 1.36. The molecule has 0 fully saturated rings. The molecule has 0 radical (unpaired) electrons. The molecule has 0 saturated carbocycles. The Morgan fingerprint density at radius 3 is 2.62 bits per heavy atom. The highest BCUT2D eigenvalue weighted by Crippen LogP contribution is 2.24. The number of nitrogens with one attached hydrogen (secondary N) is 2. The molecule has 4 N–H and O–H groups in total. The van der Waals surface area contributed by atoms with Crippen molar-refractivity contribution in [3.8, 4) is 5.88 Å². The number of ether oxygens (including phenoxy) is 1. The average Bonchev–Trinajstić information content (AvgIpc) is 2.79. The van der Waals surface area contributed by atoms with Gasteiger partial charge < -0.3 is 21.1 Å². The monoisotopic (exact) mass is 428 g/mol. The molecule has 0 aliphatic rings. The van der Waals surface area contributed by atoms with Gasteiger partial charge in [-0.1, -0.05) is 12.1 Å². The summed E-state index contributed by atoms with van der Waals surface area (Å²) in [7, 11) is 0. The van der Waals surface area contributed by atoms with Crippen molar-refractivity contribution in [2.45, 2.75) is 13.5 Å². The Hall–Kier alpha value is -4.53. The van der Waals surface area contributed by atoms with E-state index in [2.05, 4.69) is 25.6 Å². The van der Waals surface area contributed by atoms with E-state index in [9.17, 15) is 9.59 Å². The smallest absolute Gasteiger partial charge is 0.398 e. The zero-order chi connectivity index (χ0) is 22.5. The lowest BCUT2D eigenvalue weighted by atomic mass is 10.1. The first-order chi connectivity index (χ1) is 15.5. The Morgan fingerprint density at radius 1 is 1.06 bits per heavy atom. The van der Waals surface area contributed by atoms with Crippen molar-refractivity contribution in [3.63, 3.8) is 0 Å². The molecule has 9 heteroatoms. The van der Waals surface area contributed by atoms with Crippen LogP contribution in [0.3, 0.4) is 0 Å². The molecule has 0 aliphatic heterocycles. The van der Waals surface area contributed by atoms with Crippen molar-refractivity contribution in [1.82, 2.24) is 20.3 Å². The highest BCUT2D eigenvalue weighted by molar-refractivity contribution is 6.05. The number of nitrogens with two attached hydrogens (primary N) is 1. The van der Waals surface area contributed by atoms with Crippen molar-refractivity contribution in [2.24, 2.45) is 0 Å². The zero-order valence-electron chi connectivity index (χ0n) is 17.2. The van der Waals surface area contributed by atoms with Gasteiger partial charge in [0, 0.05) is 47.0 Å². The minimum absolute atomic E-state index is 0.110. The van der Waals surface area contributed by atoms with Gasteiger partial charge in [-0.05, 0) is 48.9 Å². The fourth-order valence-electron chi connectivity index (χ4n) is 3.09. The first-order valence-electron chi connectivity index (χ1n) is 9.77. The summed E-state index contributed by atoms with van der Waals surface area (Å²) in [4.78, 5) is 36.6. The molecule has 4 aromatic rings. The first-order valence-corrected chi connectivity index (χ1v) is 9.77. The predicted molar refractivity (Wildman–Crippen MR) is 120 cm³/mol. The summed E-state index contributed by atoms with van der Waals surface area (Å²) in [5.41, 5.74) is 10.2. The van der Waals surface area contributed by atoms with Gasteiger partial charge in [-0.2, -0.15) is 0 Å². The molecule has 0 aliphatic carbocycles. The predicted octanol–water partition coefficient (Wildman–Crippen LogP) is 3.46. The number of amides is 2. The van der Waals surface area contributed by atoms with Crippen LogP contribution in [-0.2, 0) is 6.54 Å². The van der Waals surface area contributed by atoms with E-state index in [1.165, 1.54) is 18.6 Å². The number of hydrogen-bond acceptors (Lipinski definition) is 7. The number of aryl methyl sites for hydroxylation is 1. The summed E-state index contributed by atoms with van der Waals surface area (Å²) < 4.78 is 5.01. The van der Waals surface area contributed by atoms with Crippen LogP contribution in [0.2, 0.25) is 0 Å². The third kappa shape index (κ3) is 4.96. The summed E-state index contributed by atoms with van der Waals surface area (Å²) in [5.74, 6) is -0.150. The second-order valence-electron chi connectivity index (χ2n) is 7.02. The lowest BCUT2D eigenvalue weighted by Gasteiger charge is -2.09. The molecule has 0 bridgehead atoms. The third-order valence-electron chi connectivity index (χ3n) is 4.62. The van der Waals surface area contributed by atoms with Crippen LogP contribution in [0.4, 0.5) is 16.2 Å². The van der Waals surface area contributed by atoms with Crippen LogP contribution in [0.1, 0.15) is 21.6 Å². The second kappa shape index (κ2) is 9.09. The molecule has 2 heterocycles. The number of anilines is 2. The number of benzene rings is 2. The topological polar surface area (TPSA) is 132 Å². The molecule has 0 spiro atoms. The number of carbonyl (C=O) groups is 2. The fourth-order valence-corrected chi connectivity index (χ4v) is 3.09. The van der Waals surface area contributed by atoms with Crippen molar-refractivity contribution >= 4 is 34.3 Å². The Kier molecular flexibility index (Phi) is 5.89. The van der Waals surface area contributed by atoms with E-state index in [1.54, 1.807) is 42.5 Å². The average molecular weight is 428 g/mol. The minimum atomic E-state index is -0.646. The highest BCUT2D eigenvalue weighted by Gasteiger charge is 2.09. The lowest BCUT2D eigenvalue weighted by Crippen LogP contribution is -2.26. The molecule has 0 unspecified atom stereocenters. The van der Waals surface area contributed by atoms with Crippen LogP contribution in [0.5, 0.6) is 5.88 Å². The van der Waals surface area contributed by atoms with Gasteiger partial charge in [0.25, 0.3) is 5.91 Å². The van der Waals surface area contributed by atoms with E-state index in [0.29, 0.717) is 16.9 Å². The fraction of sp³-hybridized carbons (Fsp3) is 0.0870. The van der Waals surface area contributed by atoms with E-state index in [1.807, 2.05) is 13.0 Å². The van der Waals surface area contributed by atoms with Gasteiger partial charge in [0.05, 0.1) is 11.7 Å². The Morgan fingerprint density at radius 2 is 1.88 bits per heavy atom. The SMILES string of the molecule is Cc1cc(N)c2cc(NC(=O)c3ccc(CNC(=O)Oc4cnccn4)cc3)ccc2n1. The van der Waals surface area contributed by atoms with Crippen molar-refractivity contribution in [3.05, 3.63) is 83.9 Å². The number of hydrogen-bond donors (Lipinski definition) is 3. The number of nitrogen functional groups attached to an aromatic ring is 1. The van der Waals surface area contributed by atoms with E-state index in [-0.39, 0.29) is 18.3 Å². The van der Waals surface area contributed by atoms with Gasteiger partial charge in [-0.15, -0.1) is 0 Å². The maximum absolute atomic E-state index is 12.6. The van der Waals surface area contributed by atoms with Crippen LogP contribution in [-0.4, -0.2) is 27.0 Å². The summed E-state index contributed by atoms with van der Waals surface area (Å²) in [5, 5.41) is 6.26. The standard InChI is InChI=1S/C23H20N6O3/c1-14-10-19(24)18-11-17(6-7-20(18)28-14)29-22(30)16-4-2-15(3-5-16)12-27-23(31)32-21-13-25-8-9-26-21/h2-11,13H,12H2,1H3,(H2,24,28)(H,27,31)(H,29,30). The molecule has 160 valence electrons. The third-order valence-corrected chi connectivity index (χ3v) is 4.62. The molecule has 2 aromatic carbocycles. The van der Waals surface area contributed by atoms with Crippen LogP contribution in [0.25, 0.3) is 10.9 Å². The van der Waals surface area contributed by atoms with Gasteiger partial charge in [-0.25, -0.2) is 9.78 Å². The van der Waals surface area contributed by atoms with Gasteiger partial charge in [0.2, 0.25) is 5.88 Å². The molecular formula is C23H20N6O3. The molecule has 9 nitrogen and oxygen atoms in total. The van der Waals surface area contributed by atoms with Crippen LogP contribution in [0.15, 0.2) is 67.1 Å². The summed E-state index contributed by atoms with van der Waals surface area (Å²) >= 11 is 0. The number of pyridine rings is 1. The summed E-state index contributed by atoms with van der Waals surface area (Å²) in [6.07, 6.45) is 3.61. The van der Waals surface area contributed by atoms with Crippen molar-refractivity contribution < 1.29 is 14.3 Å². The van der Waals surface area contributed by atoms with Gasteiger partial charge >= 0.3 is 6.09 Å². The summed E-state index contributed by atoms with van der Waals surface area (Å²) in [6.45, 7) is 2.11. The van der Waals surface area contributed by atoms with Crippen LogP contribution in [0, 0.1) is 6.92 Å². The largest absolute Gasteiger partial charge is 0.414 e. The van der Waals surface area contributed by atoms with E-state index >= 15 is 0 Å². The maximum atomic E-state index is 12.6. The summed E-state index contributed by atoms with van der Waals surface area (Å²) in [6, 6.07) is 14.1. The van der Waals surface area contributed by atoms with Gasteiger partial charge in [0.15, 0.2) is 0 Å². The van der Waals surface area contributed by atoms with Crippen LogP contribution < -0.4 is 21.1 Å². The highest BCUT2D eigenvalue weighted by atomic mass is 16.6. The molecular weight excluding hydrogens is 408 g/mol. The van der Waals surface area contributed by atoms with Gasteiger partial charge in [-0.3, -0.25) is 14.8 Å². The molecule has 2 amide bonds. The zero-order valence-corrected chi connectivity index (χ0v) is 17.2. The van der Waals surface area contributed by atoms with Crippen LogP contribution >= 0.6 is 0 Å². The number of fused-ring (bicyclic) bond motifs is 1. The quantitative estimate of drug-likeness (QED) is 0.443. The lowest BCUT2D eigenvalue weighted by molar-refractivity contribution is 0.102. The first kappa shape index (κ1) is 20.7. The number of nitrogens with zero attached hydrogens (tertiary/aromatic N) is 3. The molecule has 4 rings (SSSR count). The van der Waals surface area contributed by atoms with E-state index in [4.69, 9.17) is 10.5 Å². The maximum Gasteiger partial charge on any atom is 0.414 e. The Bertz CT molecular complexity index is 1280. The van der Waals surface area contributed by atoms with Crippen molar-refractivity contribution in [1.29, 1.82) is 0 Å². The van der Waals surface area contributed by atoms with E-state index in [0.717, 1.165) is 22.2 Å². The Labute approximate surface area is 183 Å². The van der Waals surface area contributed by atoms with Gasteiger partial charge in [0.1, 0.15) is 0 Å². The molecule has 32 heavy (non-hydrogen) atoms. The molecule has 2 aromatic heterocycles. The number of carbonyl (C=O) groups excluding carboxylic acids is 2. The second-order valence-corrected chi connectivity index (χ2v) is 7.02. The number of aromatic nitrogens is 3.